The van der Waals surface area contributed by atoms with Crippen LogP contribution in [0.1, 0.15) is 30.5 Å². The lowest BCUT2D eigenvalue weighted by Gasteiger charge is -2.34. The number of hydrogen-bond acceptors (Lipinski definition) is 4. The first-order valence-electron chi connectivity index (χ1n) is 11.2. The van der Waals surface area contributed by atoms with Gasteiger partial charge in [0.1, 0.15) is 5.75 Å². The third kappa shape index (κ3) is 4.73. The van der Waals surface area contributed by atoms with Crippen LogP contribution in [-0.4, -0.2) is 27.0 Å². The van der Waals surface area contributed by atoms with Gasteiger partial charge >= 0.3 is 0 Å². The minimum Gasteiger partial charge on any atom is -0.476 e. The molecule has 0 aliphatic carbocycles. The highest BCUT2D eigenvalue weighted by Gasteiger charge is 2.37. The second kappa shape index (κ2) is 9.67. The summed E-state index contributed by atoms with van der Waals surface area (Å²) >= 11 is 0. The highest BCUT2D eigenvalue weighted by molar-refractivity contribution is 7.92. The molecule has 3 aromatic carbocycles. The quantitative estimate of drug-likeness (QED) is 0.572. The SMILES string of the molecule is CCc1ccc(CC)c(CNC(=O)[C@@H]2CN(S(=O)(=O)c3ccccc3)c3ccccc3O2)c1. The molecule has 0 saturated carbocycles. The lowest BCUT2D eigenvalue weighted by atomic mass is 10.0. The van der Waals surface area contributed by atoms with Gasteiger partial charge in [-0.3, -0.25) is 9.10 Å². The van der Waals surface area contributed by atoms with Gasteiger partial charge in [0.2, 0.25) is 0 Å². The standard InChI is InChI=1S/C26H28N2O4S/c1-3-19-14-15-20(4-2)21(16-19)17-27-26(29)25-18-28(23-12-8-9-13-24(23)32-25)33(30,31)22-10-6-5-7-11-22/h5-16,25H,3-4,17-18H2,1-2H3,(H,27,29)/t25-/m0/s1. The third-order valence-corrected chi connectivity index (χ3v) is 7.67. The normalized spacial score (nSPS) is 15.5. The Bertz CT molecular complexity index is 1240. The Hall–Kier alpha value is -3.32. The number of nitrogens with zero attached hydrogens (tertiary/aromatic N) is 1. The van der Waals surface area contributed by atoms with Gasteiger partial charge < -0.3 is 10.1 Å². The number of hydrogen-bond donors (Lipinski definition) is 1. The van der Waals surface area contributed by atoms with E-state index >= 15 is 0 Å². The Morgan fingerprint density at radius 3 is 2.42 bits per heavy atom. The molecule has 3 aromatic rings. The van der Waals surface area contributed by atoms with E-state index in [4.69, 9.17) is 4.74 Å². The molecule has 1 N–H and O–H groups in total. The molecule has 0 unspecified atom stereocenters. The lowest BCUT2D eigenvalue weighted by Crippen LogP contribution is -2.50. The summed E-state index contributed by atoms with van der Waals surface area (Å²) in [6.07, 6.45) is 0.823. The minimum atomic E-state index is -3.86. The number of aryl methyl sites for hydroxylation is 2. The van der Waals surface area contributed by atoms with Crippen LogP contribution < -0.4 is 14.4 Å². The van der Waals surface area contributed by atoms with Crippen molar-refractivity contribution in [3.8, 4) is 5.75 Å². The zero-order chi connectivity index (χ0) is 23.4. The molecule has 1 atom stereocenters. The van der Waals surface area contributed by atoms with E-state index in [9.17, 15) is 13.2 Å². The first-order chi connectivity index (χ1) is 15.9. The van der Waals surface area contributed by atoms with Gasteiger partial charge in [0, 0.05) is 6.54 Å². The molecule has 4 rings (SSSR count). The fourth-order valence-electron chi connectivity index (χ4n) is 3.99. The van der Waals surface area contributed by atoms with Crippen LogP contribution in [0.4, 0.5) is 5.69 Å². The number of benzene rings is 3. The fraction of sp³-hybridized carbons (Fsp3) is 0.269. The van der Waals surface area contributed by atoms with Crippen molar-refractivity contribution in [2.24, 2.45) is 0 Å². The topological polar surface area (TPSA) is 75.7 Å². The molecule has 1 aliphatic rings. The number of anilines is 1. The molecule has 0 fully saturated rings. The van der Waals surface area contributed by atoms with E-state index in [2.05, 4.69) is 37.4 Å². The number of carbonyl (C=O) groups excluding carboxylic acids is 1. The van der Waals surface area contributed by atoms with Crippen LogP contribution in [0.15, 0.2) is 77.7 Å². The molecule has 6 nitrogen and oxygen atoms in total. The zero-order valence-electron chi connectivity index (χ0n) is 18.8. The average molecular weight is 465 g/mol. The second-order valence-electron chi connectivity index (χ2n) is 7.95. The summed E-state index contributed by atoms with van der Waals surface area (Å²) in [6.45, 7) is 4.44. The first kappa shape index (κ1) is 22.9. The summed E-state index contributed by atoms with van der Waals surface area (Å²) < 4.78 is 34.0. The first-order valence-corrected chi connectivity index (χ1v) is 12.6. The van der Waals surface area contributed by atoms with Crippen molar-refractivity contribution >= 4 is 21.6 Å². The lowest BCUT2D eigenvalue weighted by molar-refractivity contribution is -0.127. The van der Waals surface area contributed by atoms with Crippen molar-refractivity contribution in [2.75, 3.05) is 10.8 Å². The molecule has 172 valence electrons. The number of amides is 1. The molecule has 0 bridgehead atoms. The van der Waals surface area contributed by atoms with Gasteiger partial charge in [-0.25, -0.2) is 8.42 Å². The van der Waals surface area contributed by atoms with E-state index in [0.29, 0.717) is 18.0 Å². The predicted molar refractivity (Wildman–Crippen MR) is 129 cm³/mol. The van der Waals surface area contributed by atoms with Gasteiger partial charge in [-0.05, 0) is 53.8 Å². The predicted octanol–water partition coefficient (Wildman–Crippen LogP) is 4.08. The monoisotopic (exact) mass is 464 g/mol. The van der Waals surface area contributed by atoms with Crippen LogP contribution in [-0.2, 0) is 34.2 Å². The summed E-state index contributed by atoms with van der Waals surface area (Å²) in [6, 6.07) is 21.4. The van der Waals surface area contributed by atoms with Gasteiger partial charge in [-0.2, -0.15) is 0 Å². The molecule has 0 aromatic heterocycles. The maximum atomic E-state index is 13.4. The minimum absolute atomic E-state index is 0.101. The molecular formula is C26H28N2O4S. The van der Waals surface area contributed by atoms with E-state index in [0.717, 1.165) is 18.4 Å². The summed E-state index contributed by atoms with van der Waals surface area (Å²) in [5.74, 6) is 0.0207. The van der Waals surface area contributed by atoms with Crippen LogP contribution in [0, 0.1) is 0 Å². The molecule has 1 amide bonds. The average Bonchev–Trinajstić information content (AvgIpc) is 2.86. The number of carbonyl (C=O) groups is 1. The van der Waals surface area contributed by atoms with E-state index in [1.165, 1.54) is 15.4 Å². The van der Waals surface area contributed by atoms with Crippen LogP contribution in [0.5, 0.6) is 5.75 Å². The highest BCUT2D eigenvalue weighted by atomic mass is 32.2. The Morgan fingerprint density at radius 1 is 0.970 bits per heavy atom. The molecular weight excluding hydrogens is 436 g/mol. The van der Waals surface area contributed by atoms with E-state index in [1.54, 1.807) is 54.6 Å². The zero-order valence-corrected chi connectivity index (χ0v) is 19.6. The van der Waals surface area contributed by atoms with Gasteiger partial charge in [-0.1, -0.05) is 62.4 Å². The van der Waals surface area contributed by atoms with Gasteiger partial charge in [0.25, 0.3) is 15.9 Å². The Kier molecular flexibility index (Phi) is 6.70. The van der Waals surface area contributed by atoms with Crippen LogP contribution in [0.3, 0.4) is 0 Å². The second-order valence-corrected chi connectivity index (χ2v) is 9.81. The smallest absolute Gasteiger partial charge is 0.264 e. The van der Waals surface area contributed by atoms with E-state index in [-0.39, 0.29) is 17.3 Å². The number of rotatable bonds is 7. The number of nitrogens with one attached hydrogen (secondary N) is 1. The van der Waals surface area contributed by atoms with Gasteiger partial charge in [0.05, 0.1) is 17.1 Å². The summed E-state index contributed by atoms with van der Waals surface area (Å²) in [5, 5.41) is 2.95. The van der Waals surface area contributed by atoms with Crippen molar-refractivity contribution in [3.05, 3.63) is 89.5 Å². The molecule has 33 heavy (non-hydrogen) atoms. The molecule has 1 heterocycles. The van der Waals surface area contributed by atoms with E-state index in [1.807, 2.05) is 0 Å². The van der Waals surface area contributed by atoms with Crippen molar-refractivity contribution < 1.29 is 17.9 Å². The number of fused-ring (bicyclic) bond motifs is 1. The number of ether oxygens (including phenoxy) is 1. The molecule has 1 aliphatic heterocycles. The van der Waals surface area contributed by atoms with Crippen molar-refractivity contribution in [1.29, 1.82) is 0 Å². The third-order valence-electron chi connectivity index (χ3n) is 5.87. The summed E-state index contributed by atoms with van der Waals surface area (Å²) in [7, 11) is -3.86. The number of para-hydroxylation sites is 2. The largest absolute Gasteiger partial charge is 0.476 e. The van der Waals surface area contributed by atoms with Crippen LogP contribution in [0.2, 0.25) is 0 Å². The van der Waals surface area contributed by atoms with Crippen LogP contribution >= 0.6 is 0 Å². The van der Waals surface area contributed by atoms with Gasteiger partial charge in [0.15, 0.2) is 6.10 Å². The van der Waals surface area contributed by atoms with Gasteiger partial charge in [-0.15, -0.1) is 0 Å². The molecule has 7 heteroatoms. The number of sulfonamides is 1. The Labute approximate surface area is 195 Å². The van der Waals surface area contributed by atoms with Crippen molar-refractivity contribution in [1.82, 2.24) is 5.32 Å². The molecule has 0 radical (unpaired) electrons. The highest BCUT2D eigenvalue weighted by Crippen LogP contribution is 2.36. The summed E-state index contributed by atoms with van der Waals surface area (Å²) in [4.78, 5) is 13.3. The summed E-state index contributed by atoms with van der Waals surface area (Å²) in [5.41, 5.74) is 3.87. The molecule has 0 saturated heterocycles. The fourth-order valence-corrected chi connectivity index (χ4v) is 5.49. The Morgan fingerprint density at radius 2 is 1.70 bits per heavy atom. The maximum absolute atomic E-state index is 13.4. The van der Waals surface area contributed by atoms with Crippen LogP contribution in [0.25, 0.3) is 0 Å². The Balaban J connectivity index is 1.58. The molecule has 0 spiro atoms. The maximum Gasteiger partial charge on any atom is 0.264 e. The van der Waals surface area contributed by atoms with Crippen molar-refractivity contribution in [3.63, 3.8) is 0 Å². The van der Waals surface area contributed by atoms with Crippen molar-refractivity contribution in [2.45, 2.75) is 44.2 Å². The van der Waals surface area contributed by atoms with E-state index < -0.39 is 16.1 Å².